The molecule has 0 atom stereocenters. The first kappa shape index (κ1) is 17.9. The number of hydrogen-bond donors (Lipinski definition) is 2. The molecule has 0 aliphatic heterocycles. The van der Waals surface area contributed by atoms with Gasteiger partial charge in [-0.2, -0.15) is 0 Å². The molecule has 4 aromatic rings. The lowest BCUT2D eigenvalue weighted by Gasteiger charge is -2.10. The Kier molecular flexibility index (Phi) is 4.20. The van der Waals surface area contributed by atoms with Crippen LogP contribution >= 0.6 is 7.60 Å². The Morgan fingerprint density at radius 3 is 2.15 bits per heavy atom. The first-order valence-corrected chi connectivity index (χ1v) is 11.4. The normalized spacial score (nSPS) is 12.7. The number of benzene rings is 3. The summed E-state index contributed by atoms with van der Waals surface area (Å²) in [5.41, 5.74) is 1.29. The van der Waals surface area contributed by atoms with Crippen LogP contribution in [0.5, 0.6) is 0 Å². The van der Waals surface area contributed by atoms with E-state index in [-0.39, 0.29) is 4.90 Å². The summed E-state index contributed by atoms with van der Waals surface area (Å²) < 4.78 is 39.3. The summed E-state index contributed by atoms with van der Waals surface area (Å²) in [7, 11) is -8.16. The molecule has 1 heterocycles. The number of fused-ring (bicyclic) bond motifs is 3. The molecule has 0 bridgehead atoms. The molecule has 4 rings (SSSR count). The van der Waals surface area contributed by atoms with Gasteiger partial charge in [-0.25, -0.2) is 12.4 Å². The Hall–Kier alpha value is -2.44. The molecule has 0 saturated carbocycles. The van der Waals surface area contributed by atoms with Gasteiger partial charge in [0, 0.05) is 10.8 Å². The average molecular weight is 401 g/mol. The molecule has 0 fully saturated rings. The molecule has 0 aliphatic rings. The maximum absolute atomic E-state index is 13.3. The van der Waals surface area contributed by atoms with E-state index in [0.717, 1.165) is 5.39 Å². The van der Waals surface area contributed by atoms with Crippen molar-refractivity contribution in [2.24, 2.45) is 0 Å². The van der Waals surface area contributed by atoms with E-state index in [9.17, 15) is 22.8 Å². The van der Waals surface area contributed by atoms with E-state index in [2.05, 4.69) is 0 Å². The van der Waals surface area contributed by atoms with Crippen molar-refractivity contribution in [2.75, 3.05) is 0 Å². The van der Waals surface area contributed by atoms with Crippen LogP contribution in [0.15, 0.2) is 77.7 Å². The molecular formula is C19H16NO5PS. The van der Waals surface area contributed by atoms with Crippen LogP contribution in [0.4, 0.5) is 0 Å². The number of hydrogen-bond acceptors (Lipinski definition) is 3. The minimum Gasteiger partial charge on any atom is -0.324 e. The van der Waals surface area contributed by atoms with Crippen LogP contribution in [-0.2, 0) is 20.8 Å². The van der Waals surface area contributed by atoms with Gasteiger partial charge in [0.2, 0.25) is 0 Å². The predicted molar refractivity (Wildman–Crippen MR) is 104 cm³/mol. The average Bonchev–Trinajstić information content (AvgIpc) is 2.95. The van der Waals surface area contributed by atoms with Gasteiger partial charge in [-0.1, -0.05) is 48.5 Å². The van der Waals surface area contributed by atoms with Crippen LogP contribution < -0.4 is 0 Å². The van der Waals surface area contributed by atoms with Gasteiger partial charge >= 0.3 is 7.60 Å². The fourth-order valence-corrected chi connectivity index (χ4v) is 5.49. The van der Waals surface area contributed by atoms with Crippen LogP contribution in [0.1, 0.15) is 5.56 Å². The molecule has 3 aromatic carbocycles. The highest BCUT2D eigenvalue weighted by Gasteiger charge is 2.24. The highest BCUT2D eigenvalue weighted by Crippen LogP contribution is 2.40. The van der Waals surface area contributed by atoms with Gasteiger partial charge < -0.3 is 9.79 Å². The van der Waals surface area contributed by atoms with Crippen LogP contribution in [-0.4, -0.2) is 22.2 Å². The molecule has 27 heavy (non-hydrogen) atoms. The van der Waals surface area contributed by atoms with Crippen molar-refractivity contribution in [3.63, 3.8) is 0 Å². The molecule has 138 valence electrons. The van der Waals surface area contributed by atoms with E-state index in [4.69, 9.17) is 0 Å². The lowest BCUT2D eigenvalue weighted by Crippen LogP contribution is -2.12. The van der Waals surface area contributed by atoms with Gasteiger partial charge in [0.05, 0.1) is 22.1 Å². The third kappa shape index (κ3) is 3.19. The maximum atomic E-state index is 13.3. The Morgan fingerprint density at radius 2 is 1.44 bits per heavy atom. The fraction of sp³-hybridized carbons (Fsp3) is 0.0526. The van der Waals surface area contributed by atoms with Crippen LogP contribution in [0.2, 0.25) is 0 Å². The molecule has 0 amide bonds. The summed E-state index contributed by atoms with van der Waals surface area (Å²) in [5.74, 6) is 0. The minimum atomic E-state index is -4.27. The van der Waals surface area contributed by atoms with Crippen LogP contribution in [0.25, 0.3) is 21.8 Å². The van der Waals surface area contributed by atoms with Crippen molar-refractivity contribution >= 4 is 39.4 Å². The summed E-state index contributed by atoms with van der Waals surface area (Å²) in [6, 6.07) is 20.1. The topological polar surface area (TPSA) is 96.6 Å². The molecule has 0 saturated heterocycles. The third-order valence-electron chi connectivity index (χ3n) is 4.36. The van der Waals surface area contributed by atoms with Crippen molar-refractivity contribution in [2.45, 2.75) is 11.1 Å². The van der Waals surface area contributed by atoms with E-state index in [1.165, 1.54) is 22.2 Å². The van der Waals surface area contributed by atoms with E-state index in [1.54, 1.807) is 42.5 Å². The van der Waals surface area contributed by atoms with Crippen molar-refractivity contribution in [1.82, 2.24) is 3.97 Å². The Labute approximate surface area is 155 Å². The van der Waals surface area contributed by atoms with Gasteiger partial charge in [0.25, 0.3) is 10.0 Å². The second kappa shape index (κ2) is 6.32. The lowest BCUT2D eigenvalue weighted by molar-refractivity contribution is 0.372. The first-order valence-electron chi connectivity index (χ1n) is 8.15. The fourth-order valence-electron chi connectivity index (χ4n) is 3.27. The molecule has 0 radical (unpaired) electrons. The molecule has 8 heteroatoms. The molecule has 6 nitrogen and oxygen atoms in total. The standard InChI is InChI=1S/C19H16NO5PS/c21-26(22,23)13-14-10-11-17-16-8-4-5-9-18(16)20(19(17)12-14)27(24,25)15-6-2-1-3-7-15/h1-12H,13H2,(H2,21,22,23). The molecular weight excluding hydrogens is 385 g/mol. The Balaban J connectivity index is 2.08. The van der Waals surface area contributed by atoms with Crippen LogP contribution in [0, 0.1) is 0 Å². The zero-order valence-electron chi connectivity index (χ0n) is 14.1. The Morgan fingerprint density at radius 1 is 0.815 bits per heavy atom. The largest absolute Gasteiger partial charge is 0.329 e. The monoisotopic (exact) mass is 401 g/mol. The van der Waals surface area contributed by atoms with Gasteiger partial charge in [0.1, 0.15) is 0 Å². The third-order valence-corrected chi connectivity index (χ3v) is 6.88. The van der Waals surface area contributed by atoms with Gasteiger partial charge in [-0.05, 0) is 29.8 Å². The number of aromatic nitrogens is 1. The van der Waals surface area contributed by atoms with Crippen LogP contribution in [0.3, 0.4) is 0 Å². The van der Waals surface area contributed by atoms with Gasteiger partial charge in [-0.3, -0.25) is 4.57 Å². The number of para-hydroxylation sites is 1. The van der Waals surface area contributed by atoms with E-state index in [0.29, 0.717) is 22.0 Å². The second-order valence-corrected chi connectivity index (χ2v) is 9.71. The SMILES string of the molecule is O=P(O)(O)Cc1ccc2c3ccccc3n(S(=O)(=O)c3ccccc3)c2c1. The van der Waals surface area contributed by atoms with Crippen molar-refractivity contribution in [1.29, 1.82) is 0 Å². The summed E-state index contributed by atoms with van der Waals surface area (Å²) in [5, 5.41) is 1.47. The van der Waals surface area contributed by atoms with Crippen molar-refractivity contribution in [3.8, 4) is 0 Å². The molecule has 0 unspecified atom stereocenters. The smallest absolute Gasteiger partial charge is 0.324 e. The minimum absolute atomic E-state index is 0.146. The molecule has 2 N–H and O–H groups in total. The number of nitrogens with zero attached hydrogens (tertiary/aromatic N) is 1. The van der Waals surface area contributed by atoms with Gasteiger partial charge in [-0.15, -0.1) is 0 Å². The molecule has 1 aromatic heterocycles. The predicted octanol–water partition coefficient (Wildman–Crippen LogP) is 3.71. The molecule has 0 aliphatic carbocycles. The maximum Gasteiger partial charge on any atom is 0.329 e. The second-order valence-electron chi connectivity index (χ2n) is 6.27. The van der Waals surface area contributed by atoms with Crippen molar-refractivity contribution in [3.05, 3.63) is 78.4 Å². The quantitative estimate of drug-likeness (QED) is 0.508. The zero-order chi connectivity index (χ0) is 19.2. The summed E-state index contributed by atoms with van der Waals surface area (Å²) in [6.45, 7) is 0. The van der Waals surface area contributed by atoms with E-state index < -0.39 is 23.8 Å². The number of rotatable bonds is 4. The highest BCUT2D eigenvalue weighted by atomic mass is 32.2. The first-order chi connectivity index (χ1) is 12.8. The summed E-state index contributed by atoms with van der Waals surface area (Å²) in [6.07, 6.45) is -0.449. The van der Waals surface area contributed by atoms with E-state index in [1.807, 2.05) is 12.1 Å². The zero-order valence-corrected chi connectivity index (χ0v) is 15.8. The lowest BCUT2D eigenvalue weighted by atomic mass is 10.1. The molecule has 0 spiro atoms. The highest BCUT2D eigenvalue weighted by molar-refractivity contribution is 7.90. The summed E-state index contributed by atoms with van der Waals surface area (Å²) >= 11 is 0. The summed E-state index contributed by atoms with van der Waals surface area (Å²) in [4.78, 5) is 18.7. The van der Waals surface area contributed by atoms with Crippen molar-refractivity contribution < 1.29 is 22.8 Å². The Bertz CT molecular complexity index is 1310. The van der Waals surface area contributed by atoms with E-state index >= 15 is 0 Å². The van der Waals surface area contributed by atoms with Gasteiger partial charge in [0.15, 0.2) is 0 Å².